The van der Waals surface area contributed by atoms with Gasteiger partial charge in [-0.25, -0.2) is 4.39 Å². The van der Waals surface area contributed by atoms with Crippen LogP contribution in [0, 0.1) is 5.82 Å². The number of hydrogen-bond acceptors (Lipinski definition) is 5. The third-order valence-electron chi connectivity index (χ3n) is 5.08. The van der Waals surface area contributed by atoms with Crippen molar-refractivity contribution >= 4 is 5.91 Å². The maximum absolute atomic E-state index is 14.3. The smallest absolute Gasteiger partial charge is 0.254 e. The Bertz CT molecular complexity index is 830. The number of phenolic OH excluding ortho intramolecular Hbond substituents is 1. The standard InChI is InChI=1S/C21H25FN2O4/c1-28-19-6-5-16(20(22)12-19)13-23-8-9-24(14-17(23)7-10-25)21(27)15-3-2-4-18(26)11-15/h2-6,11-12,17,25-26H,7-10,13-14H2,1H3/t17-/m1/s1. The zero-order valence-electron chi connectivity index (χ0n) is 15.8. The summed E-state index contributed by atoms with van der Waals surface area (Å²) in [4.78, 5) is 16.6. The first-order valence-electron chi connectivity index (χ1n) is 9.27. The maximum Gasteiger partial charge on any atom is 0.254 e. The summed E-state index contributed by atoms with van der Waals surface area (Å²) in [7, 11) is 1.49. The van der Waals surface area contributed by atoms with Crippen LogP contribution in [0.25, 0.3) is 0 Å². The van der Waals surface area contributed by atoms with E-state index in [0.29, 0.717) is 49.5 Å². The number of aliphatic hydroxyl groups excluding tert-OH is 1. The van der Waals surface area contributed by atoms with Gasteiger partial charge in [0.2, 0.25) is 0 Å². The highest BCUT2D eigenvalue weighted by Gasteiger charge is 2.30. The van der Waals surface area contributed by atoms with Crippen molar-refractivity contribution < 1.29 is 24.1 Å². The molecular weight excluding hydrogens is 363 g/mol. The number of halogens is 1. The number of aromatic hydroxyl groups is 1. The van der Waals surface area contributed by atoms with Gasteiger partial charge in [0.05, 0.1) is 7.11 Å². The Morgan fingerprint density at radius 3 is 2.75 bits per heavy atom. The van der Waals surface area contributed by atoms with Crippen LogP contribution in [-0.4, -0.2) is 65.3 Å². The number of methoxy groups -OCH3 is 1. The van der Waals surface area contributed by atoms with Crippen LogP contribution in [0.3, 0.4) is 0 Å². The Kier molecular flexibility index (Phi) is 6.49. The molecule has 0 aromatic heterocycles. The van der Waals surface area contributed by atoms with E-state index in [-0.39, 0.29) is 30.1 Å². The Balaban J connectivity index is 1.71. The van der Waals surface area contributed by atoms with Crippen LogP contribution in [0.15, 0.2) is 42.5 Å². The average Bonchev–Trinajstić information content (AvgIpc) is 2.70. The number of carbonyl (C=O) groups is 1. The molecule has 7 heteroatoms. The van der Waals surface area contributed by atoms with Gasteiger partial charge in [-0.2, -0.15) is 0 Å². The van der Waals surface area contributed by atoms with Crippen molar-refractivity contribution in [2.24, 2.45) is 0 Å². The quantitative estimate of drug-likeness (QED) is 0.794. The van der Waals surface area contributed by atoms with Gasteiger partial charge in [0.15, 0.2) is 0 Å². The normalized spacial score (nSPS) is 17.5. The van der Waals surface area contributed by atoms with Crippen molar-refractivity contribution in [1.29, 1.82) is 0 Å². The number of aliphatic hydroxyl groups is 1. The molecule has 0 spiro atoms. The molecule has 1 saturated heterocycles. The van der Waals surface area contributed by atoms with E-state index in [9.17, 15) is 19.4 Å². The molecule has 1 atom stereocenters. The number of amides is 1. The third-order valence-corrected chi connectivity index (χ3v) is 5.08. The van der Waals surface area contributed by atoms with E-state index in [0.717, 1.165) is 0 Å². The molecule has 0 saturated carbocycles. The Morgan fingerprint density at radius 1 is 1.25 bits per heavy atom. The number of rotatable bonds is 6. The van der Waals surface area contributed by atoms with Crippen LogP contribution in [0.1, 0.15) is 22.3 Å². The Labute approximate surface area is 163 Å². The molecule has 1 amide bonds. The predicted molar refractivity (Wildman–Crippen MR) is 103 cm³/mol. The SMILES string of the molecule is COc1ccc(CN2CCN(C(=O)c3cccc(O)c3)C[C@H]2CCO)c(F)c1. The first-order chi connectivity index (χ1) is 13.5. The van der Waals surface area contributed by atoms with Crippen molar-refractivity contribution in [2.75, 3.05) is 33.4 Å². The van der Waals surface area contributed by atoms with Crippen molar-refractivity contribution in [3.05, 3.63) is 59.4 Å². The van der Waals surface area contributed by atoms with E-state index in [4.69, 9.17) is 4.74 Å². The fraction of sp³-hybridized carbons (Fsp3) is 0.381. The fourth-order valence-electron chi connectivity index (χ4n) is 3.53. The minimum atomic E-state index is -0.333. The lowest BCUT2D eigenvalue weighted by molar-refractivity contribution is 0.0391. The van der Waals surface area contributed by atoms with Crippen molar-refractivity contribution in [3.63, 3.8) is 0 Å². The molecule has 1 aliphatic rings. The van der Waals surface area contributed by atoms with Crippen LogP contribution in [0.4, 0.5) is 4.39 Å². The number of carbonyl (C=O) groups excluding carboxylic acids is 1. The summed E-state index contributed by atoms with van der Waals surface area (Å²) < 4.78 is 19.4. The highest BCUT2D eigenvalue weighted by Crippen LogP contribution is 2.22. The van der Waals surface area contributed by atoms with Gasteiger partial charge < -0.3 is 19.8 Å². The minimum absolute atomic E-state index is 0.0135. The molecule has 0 bridgehead atoms. The zero-order valence-corrected chi connectivity index (χ0v) is 15.8. The molecule has 2 aromatic carbocycles. The second-order valence-corrected chi connectivity index (χ2v) is 6.90. The van der Waals surface area contributed by atoms with Crippen LogP contribution in [0.2, 0.25) is 0 Å². The van der Waals surface area contributed by atoms with E-state index < -0.39 is 0 Å². The van der Waals surface area contributed by atoms with Crippen molar-refractivity contribution in [1.82, 2.24) is 9.80 Å². The number of hydrogen-bond donors (Lipinski definition) is 2. The lowest BCUT2D eigenvalue weighted by atomic mass is 10.1. The Hall–Kier alpha value is -2.64. The monoisotopic (exact) mass is 388 g/mol. The Morgan fingerprint density at radius 2 is 2.07 bits per heavy atom. The van der Waals surface area contributed by atoms with E-state index in [1.807, 2.05) is 0 Å². The summed E-state index contributed by atoms with van der Waals surface area (Å²) in [6.07, 6.45) is 0.488. The van der Waals surface area contributed by atoms with E-state index in [1.54, 1.807) is 29.2 Å². The van der Waals surface area contributed by atoms with Gasteiger partial charge in [-0.05, 0) is 30.7 Å². The first-order valence-corrected chi connectivity index (χ1v) is 9.27. The molecular formula is C21H25FN2O4. The van der Waals surface area contributed by atoms with Gasteiger partial charge in [0.1, 0.15) is 17.3 Å². The minimum Gasteiger partial charge on any atom is -0.508 e. The summed E-state index contributed by atoms with van der Waals surface area (Å²) in [6, 6.07) is 11.0. The van der Waals surface area contributed by atoms with Crippen molar-refractivity contribution in [3.8, 4) is 11.5 Å². The molecule has 3 rings (SSSR count). The van der Waals surface area contributed by atoms with Crippen LogP contribution >= 0.6 is 0 Å². The molecule has 2 N–H and O–H groups in total. The van der Waals surface area contributed by atoms with Gasteiger partial charge in [0, 0.05) is 56.0 Å². The molecule has 6 nitrogen and oxygen atoms in total. The van der Waals surface area contributed by atoms with E-state index in [2.05, 4.69) is 4.90 Å². The van der Waals surface area contributed by atoms with E-state index >= 15 is 0 Å². The summed E-state index contributed by atoms with van der Waals surface area (Å²) in [5.41, 5.74) is 0.980. The fourth-order valence-corrected chi connectivity index (χ4v) is 3.53. The van der Waals surface area contributed by atoms with Gasteiger partial charge in [-0.1, -0.05) is 12.1 Å². The highest BCUT2D eigenvalue weighted by molar-refractivity contribution is 5.94. The topological polar surface area (TPSA) is 73.2 Å². The van der Waals surface area contributed by atoms with Gasteiger partial charge >= 0.3 is 0 Å². The predicted octanol–water partition coefficient (Wildman–Crippen LogP) is 2.25. The number of ether oxygens (including phenoxy) is 1. The van der Waals surface area contributed by atoms with Gasteiger partial charge in [-0.15, -0.1) is 0 Å². The van der Waals surface area contributed by atoms with Crippen LogP contribution < -0.4 is 4.74 Å². The summed E-state index contributed by atoms with van der Waals surface area (Å²) in [6.45, 7) is 1.89. The molecule has 0 radical (unpaired) electrons. The third kappa shape index (κ3) is 4.61. The van der Waals surface area contributed by atoms with Gasteiger partial charge in [0.25, 0.3) is 5.91 Å². The first kappa shape index (κ1) is 20.1. The molecule has 1 heterocycles. The molecule has 1 aliphatic heterocycles. The second kappa shape index (κ2) is 9.03. The average molecular weight is 388 g/mol. The molecule has 0 aliphatic carbocycles. The lowest BCUT2D eigenvalue weighted by Crippen LogP contribution is -2.54. The molecule has 28 heavy (non-hydrogen) atoms. The molecule has 1 fully saturated rings. The number of benzene rings is 2. The number of piperazine rings is 1. The van der Waals surface area contributed by atoms with E-state index in [1.165, 1.54) is 25.3 Å². The number of phenols is 1. The van der Waals surface area contributed by atoms with Crippen LogP contribution in [-0.2, 0) is 6.54 Å². The molecule has 0 unspecified atom stereocenters. The number of nitrogens with zero attached hydrogens (tertiary/aromatic N) is 2. The van der Waals surface area contributed by atoms with Crippen LogP contribution in [0.5, 0.6) is 11.5 Å². The molecule has 150 valence electrons. The summed E-state index contributed by atoms with van der Waals surface area (Å²) >= 11 is 0. The zero-order chi connectivity index (χ0) is 20.1. The summed E-state index contributed by atoms with van der Waals surface area (Å²) in [5, 5.41) is 19.1. The highest BCUT2D eigenvalue weighted by atomic mass is 19.1. The molecule has 2 aromatic rings. The summed E-state index contributed by atoms with van der Waals surface area (Å²) in [5.74, 6) is 0.0237. The second-order valence-electron chi connectivity index (χ2n) is 6.90. The van der Waals surface area contributed by atoms with Crippen molar-refractivity contribution in [2.45, 2.75) is 19.0 Å². The van der Waals surface area contributed by atoms with Gasteiger partial charge in [-0.3, -0.25) is 9.69 Å². The maximum atomic E-state index is 14.3. The largest absolute Gasteiger partial charge is 0.508 e. The lowest BCUT2D eigenvalue weighted by Gasteiger charge is -2.41.